The molecule has 0 aromatic carbocycles. The number of carbonyl (C=O) groups is 2. The third-order valence-corrected chi connectivity index (χ3v) is 2.82. The second-order valence-electron chi connectivity index (χ2n) is 3.64. The number of thiophene rings is 1. The van der Waals surface area contributed by atoms with Crippen LogP contribution < -0.4 is 10.1 Å². The lowest BCUT2D eigenvalue weighted by atomic mass is 10.3. The number of amides is 1. The van der Waals surface area contributed by atoms with Gasteiger partial charge in [0.2, 0.25) is 0 Å². The first-order chi connectivity index (χ1) is 8.70. The maximum atomic E-state index is 11.9. The fraction of sp³-hybridized carbons (Fsp3) is 0.400. The van der Waals surface area contributed by atoms with Gasteiger partial charge in [-0.25, -0.2) is 4.79 Å². The van der Waals surface area contributed by atoms with Gasteiger partial charge in [-0.05, 0) is 6.92 Å². The summed E-state index contributed by atoms with van der Waals surface area (Å²) in [7, 11) is 0. The van der Waals surface area contributed by atoms with Crippen LogP contribution in [0.1, 0.15) is 16.6 Å². The lowest BCUT2D eigenvalue weighted by Gasteiger charge is -2.15. The lowest BCUT2D eigenvalue weighted by Crippen LogP contribution is -2.44. The van der Waals surface area contributed by atoms with E-state index in [4.69, 9.17) is 9.84 Å². The zero-order valence-electron chi connectivity index (χ0n) is 9.65. The van der Waals surface area contributed by atoms with Crippen LogP contribution in [-0.2, 0) is 4.79 Å². The highest BCUT2D eigenvalue weighted by Crippen LogP contribution is 2.21. The van der Waals surface area contributed by atoms with Gasteiger partial charge in [-0.1, -0.05) is 0 Å². The third-order valence-electron chi connectivity index (χ3n) is 1.92. The number of carboxylic acid groups (broad SMARTS) is 1. The molecule has 9 heteroatoms. The highest BCUT2D eigenvalue weighted by atomic mass is 32.1. The number of carboxylic acids is 1. The van der Waals surface area contributed by atoms with Crippen molar-refractivity contribution in [1.82, 2.24) is 5.32 Å². The summed E-state index contributed by atoms with van der Waals surface area (Å²) in [5.74, 6) is -2.92. The number of alkyl halides is 3. The maximum absolute atomic E-state index is 11.9. The lowest BCUT2D eigenvalue weighted by molar-refractivity contribution is -0.174. The van der Waals surface area contributed by atoms with E-state index in [0.717, 1.165) is 11.3 Å². The molecule has 0 radical (unpaired) electrons. The Labute approximate surface area is 110 Å². The summed E-state index contributed by atoms with van der Waals surface area (Å²) >= 11 is 0.936. The molecule has 0 aliphatic rings. The molecule has 0 aliphatic heterocycles. The van der Waals surface area contributed by atoms with Gasteiger partial charge in [0.1, 0.15) is 17.2 Å². The molecule has 19 heavy (non-hydrogen) atoms. The van der Waals surface area contributed by atoms with Crippen LogP contribution in [0.5, 0.6) is 5.75 Å². The SMILES string of the molecule is CC(COc1csc(C(=O)O)c1)NC(=O)C(F)(F)F. The van der Waals surface area contributed by atoms with Gasteiger partial charge in [0.05, 0.1) is 6.04 Å². The van der Waals surface area contributed by atoms with Gasteiger partial charge in [-0.2, -0.15) is 13.2 Å². The van der Waals surface area contributed by atoms with E-state index >= 15 is 0 Å². The number of nitrogens with one attached hydrogen (secondary N) is 1. The van der Waals surface area contributed by atoms with Crippen LogP contribution in [0.25, 0.3) is 0 Å². The predicted molar refractivity (Wildman–Crippen MR) is 60.4 cm³/mol. The normalized spacial score (nSPS) is 12.8. The Morgan fingerprint density at radius 2 is 2.16 bits per heavy atom. The molecule has 1 rings (SSSR count). The van der Waals surface area contributed by atoms with Crippen LogP contribution in [0.3, 0.4) is 0 Å². The molecular formula is C10H10F3NO4S. The van der Waals surface area contributed by atoms with Crippen molar-refractivity contribution in [1.29, 1.82) is 0 Å². The molecule has 0 bridgehead atoms. The monoisotopic (exact) mass is 297 g/mol. The van der Waals surface area contributed by atoms with Gasteiger partial charge < -0.3 is 15.2 Å². The van der Waals surface area contributed by atoms with Crippen molar-refractivity contribution in [3.63, 3.8) is 0 Å². The Hall–Kier alpha value is -1.77. The fourth-order valence-electron chi connectivity index (χ4n) is 1.08. The van der Waals surface area contributed by atoms with Crippen LogP contribution >= 0.6 is 11.3 Å². The largest absolute Gasteiger partial charge is 0.491 e. The first-order valence-electron chi connectivity index (χ1n) is 5.02. The van der Waals surface area contributed by atoms with Crippen molar-refractivity contribution >= 4 is 23.2 Å². The van der Waals surface area contributed by atoms with Gasteiger partial charge in [0.15, 0.2) is 0 Å². The molecule has 1 atom stereocenters. The van der Waals surface area contributed by atoms with E-state index in [9.17, 15) is 22.8 Å². The Morgan fingerprint density at radius 1 is 1.53 bits per heavy atom. The van der Waals surface area contributed by atoms with Crippen LogP contribution in [0, 0.1) is 0 Å². The first kappa shape index (κ1) is 15.3. The summed E-state index contributed by atoms with van der Waals surface area (Å²) in [6, 6.07) is 0.396. The van der Waals surface area contributed by atoms with Crippen LogP contribution in [0.15, 0.2) is 11.4 Å². The predicted octanol–water partition coefficient (Wildman–Crippen LogP) is 1.89. The van der Waals surface area contributed by atoms with E-state index in [-0.39, 0.29) is 17.2 Å². The number of ether oxygens (including phenoxy) is 1. The molecule has 1 amide bonds. The smallest absolute Gasteiger partial charge is 0.471 e. The van der Waals surface area contributed by atoms with E-state index in [2.05, 4.69) is 0 Å². The molecule has 0 spiro atoms. The summed E-state index contributed by atoms with van der Waals surface area (Å²) in [5.41, 5.74) is 0. The summed E-state index contributed by atoms with van der Waals surface area (Å²) in [6.45, 7) is 1.14. The van der Waals surface area contributed by atoms with Crippen LogP contribution in [0.4, 0.5) is 13.2 Å². The highest BCUT2D eigenvalue weighted by molar-refractivity contribution is 7.12. The molecule has 1 heterocycles. The zero-order valence-corrected chi connectivity index (χ0v) is 10.5. The first-order valence-corrected chi connectivity index (χ1v) is 5.90. The maximum Gasteiger partial charge on any atom is 0.471 e. The molecule has 0 fully saturated rings. The summed E-state index contributed by atoms with van der Waals surface area (Å²) in [4.78, 5) is 21.3. The van der Waals surface area contributed by atoms with E-state index in [0.29, 0.717) is 0 Å². The van der Waals surface area contributed by atoms with Gasteiger partial charge in [0.25, 0.3) is 0 Å². The average molecular weight is 297 g/mol. The Bertz CT molecular complexity index is 472. The Balaban J connectivity index is 2.43. The van der Waals surface area contributed by atoms with Crippen molar-refractivity contribution in [2.24, 2.45) is 0 Å². The fourth-order valence-corrected chi connectivity index (χ4v) is 1.74. The van der Waals surface area contributed by atoms with E-state index < -0.39 is 24.1 Å². The Morgan fingerprint density at radius 3 is 2.63 bits per heavy atom. The number of halogens is 3. The standard InChI is InChI=1S/C10H10F3NO4S/c1-5(14-9(17)10(11,12)13)3-18-6-2-7(8(15)16)19-4-6/h2,4-5H,3H2,1H3,(H,14,17)(H,15,16). The number of hydrogen-bond donors (Lipinski definition) is 2. The Kier molecular flexibility index (Phi) is 4.76. The summed E-state index contributed by atoms with van der Waals surface area (Å²) in [5, 5.41) is 11.8. The quantitative estimate of drug-likeness (QED) is 0.870. The summed E-state index contributed by atoms with van der Waals surface area (Å²) < 4.78 is 40.9. The van der Waals surface area contributed by atoms with E-state index in [1.165, 1.54) is 18.4 Å². The topological polar surface area (TPSA) is 75.6 Å². The minimum absolute atomic E-state index is 0.0574. The molecule has 0 saturated carbocycles. The second kappa shape index (κ2) is 5.91. The molecule has 5 nitrogen and oxygen atoms in total. The van der Waals surface area contributed by atoms with Crippen molar-refractivity contribution in [3.8, 4) is 5.75 Å². The van der Waals surface area contributed by atoms with E-state index in [1.54, 1.807) is 5.32 Å². The van der Waals surface area contributed by atoms with Gasteiger partial charge in [0, 0.05) is 11.4 Å². The van der Waals surface area contributed by atoms with Crippen molar-refractivity contribution < 1.29 is 32.6 Å². The van der Waals surface area contributed by atoms with E-state index in [1.807, 2.05) is 0 Å². The third kappa shape index (κ3) is 4.78. The van der Waals surface area contributed by atoms with Crippen molar-refractivity contribution in [3.05, 3.63) is 16.3 Å². The van der Waals surface area contributed by atoms with Crippen molar-refractivity contribution in [2.75, 3.05) is 6.61 Å². The zero-order chi connectivity index (χ0) is 14.6. The molecule has 1 aromatic rings. The molecule has 0 saturated heterocycles. The number of rotatable bonds is 5. The highest BCUT2D eigenvalue weighted by Gasteiger charge is 2.39. The number of aromatic carboxylic acids is 1. The van der Waals surface area contributed by atoms with Crippen molar-refractivity contribution in [2.45, 2.75) is 19.1 Å². The second-order valence-corrected chi connectivity index (χ2v) is 4.55. The number of hydrogen-bond acceptors (Lipinski definition) is 4. The van der Waals surface area contributed by atoms with Gasteiger partial charge >= 0.3 is 18.1 Å². The van der Waals surface area contributed by atoms with Crippen LogP contribution in [-0.4, -0.2) is 35.8 Å². The van der Waals surface area contributed by atoms with Crippen LogP contribution in [0.2, 0.25) is 0 Å². The number of carbonyl (C=O) groups excluding carboxylic acids is 1. The summed E-state index contributed by atoms with van der Waals surface area (Å²) in [6.07, 6.45) is -4.94. The minimum Gasteiger partial charge on any atom is -0.491 e. The molecule has 2 N–H and O–H groups in total. The molecule has 0 aliphatic carbocycles. The average Bonchev–Trinajstić information content (AvgIpc) is 2.73. The molecule has 106 valence electrons. The van der Waals surface area contributed by atoms with Gasteiger partial charge in [-0.15, -0.1) is 11.3 Å². The molecule has 1 unspecified atom stereocenters. The molecular weight excluding hydrogens is 287 g/mol. The van der Waals surface area contributed by atoms with Gasteiger partial charge in [-0.3, -0.25) is 4.79 Å². The minimum atomic E-state index is -4.94. The molecule has 1 aromatic heterocycles.